The molecule has 2 aromatic carbocycles. The summed E-state index contributed by atoms with van der Waals surface area (Å²) in [5, 5.41) is 5.23. The molecule has 1 heterocycles. The number of carbonyl (C=O) groups is 3. The molecular weight excluding hydrogens is 414 g/mol. The monoisotopic (exact) mass is 431 g/mol. The Morgan fingerprint density at radius 1 is 1.07 bits per heavy atom. The molecule has 1 saturated heterocycles. The van der Waals surface area contributed by atoms with Crippen LogP contribution in [-0.4, -0.2) is 35.8 Å². The van der Waals surface area contributed by atoms with Gasteiger partial charge in [0.25, 0.3) is 0 Å². The number of urea groups is 1. The maximum absolute atomic E-state index is 12.0. The standard InChI is InChI=1S/C19H18BrN3O4/c20-13-3-7-15(8-4-13)27-16-9-5-14(6-10-16)22-17(24)2-1-11-23-18(25)12-21-19(23)26/h3-10H,1-2,11-12H2,(H,21,26)(H,22,24). The van der Waals surface area contributed by atoms with Crippen LogP contribution in [0.5, 0.6) is 11.5 Å². The van der Waals surface area contributed by atoms with Gasteiger partial charge in [-0.05, 0) is 55.0 Å². The Kier molecular flexibility index (Phi) is 6.08. The Hall–Kier alpha value is -2.87. The van der Waals surface area contributed by atoms with Gasteiger partial charge in [0, 0.05) is 23.1 Å². The van der Waals surface area contributed by atoms with Crippen LogP contribution in [0.3, 0.4) is 0 Å². The summed E-state index contributed by atoms with van der Waals surface area (Å²) in [4.78, 5) is 36.0. The fraction of sp³-hybridized carbons (Fsp3) is 0.211. The van der Waals surface area contributed by atoms with E-state index in [-0.39, 0.29) is 31.3 Å². The molecule has 4 amide bonds. The van der Waals surface area contributed by atoms with E-state index in [1.165, 1.54) is 0 Å². The highest BCUT2D eigenvalue weighted by molar-refractivity contribution is 9.10. The summed E-state index contributed by atoms with van der Waals surface area (Å²) in [5.41, 5.74) is 0.651. The van der Waals surface area contributed by atoms with Crippen molar-refractivity contribution in [1.29, 1.82) is 0 Å². The number of halogens is 1. The van der Waals surface area contributed by atoms with E-state index < -0.39 is 6.03 Å². The normalized spacial score (nSPS) is 13.4. The maximum Gasteiger partial charge on any atom is 0.324 e. The molecule has 1 aliphatic heterocycles. The highest BCUT2D eigenvalue weighted by atomic mass is 79.9. The van der Waals surface area contributed by atoms with Gasteiger partial charge in [-0.1, -0.05) is 15.9 Å². The zero-order valence-electron chi connectivity index (χ0n) is 14.4. The number of hydrogen-bond donors (Lipinski definition) is 2. The van der Waals surface area contributed by atoms with Gasteiger partial charge in [-0.25, -0.2) is 4.79 Å². The van der Waals surface area contributed by atoms with Gasteiger partial charge >= 0.3 is 6.03 Å². The number of imide groups is 1. The van der Waals surface area contributed by atoms with Crippen LogP contribution in [0, 0.1) is 0 Å². The minimum atomic E-state index is -0.401. The van der Waals surface area contributed by atoms with Crippen molar-refractivity contribution in [3.8, 4) is 11.5 Å². The van der Waals surface area contributed by atoms with Crippen LogP contribution >= 0.6 is 15.9 Å². The van der Waals surface area contributed by atoms with Gasteiger partial charge in [-0.2, -0.15) is 0 Å². The molecular formula is C19H18BrN3O4. The van der Waals surface area contributed by atoms with Crippen molar-refractivity contribution in [1.82, 2.24) is 10.2 Å². The summed E-state index contributed by atoms with van der Waals surface area (Å²) in [7, 11) is 0. The minimum Gasteiger partial charge on any atom is -0.457 e. The average Bonchev–Trinajstić information content (AvgIpc) is 2.97. The molecule has 0 atom stereocenters. The van der Waals surface area contributed by atoms with Crippen molar-refractivity contribution in [3.05, 3.63) is 53.0 Å². The molecule has 0 bridgehead atoms. The second-order valence-corrected chi connectivity index (χ2v) is 6.85. The predicted molar refractivity (Wildman–Crippen MR) is 104 cm³/mol. The smallest absolute Gasteiger partial charge is 0.324 e. The first-order valence-electron chi connectivity index (χ1n) is 8.43. The lowest BCUT2D eigenvalue weighted by atomic mass is 10.2. The molecule has 2 N–H and O–H groups in total. The lowest BCUT2D eigenvalue weighted by Gasteiger charge is -2.12. The topological polar surface area (TPSA) is 87.7 Å². The van der Waals surface area contributed by atoms with E-state index >= 15 is 0 Å². The molecule has 3 rings (SSSR count). The number of benzene rings is 2. The van der Waals surface area contributed by atoms with Gasteiger partial charge in [-0.15, -0.1) is 0 Å². The Balaban J connectivity index is 1.44. The third kappa shape index (κ3) is 5.30. The second kappa shape index (κ2) is 8.68. The van der Waals surface area contributed by atoms with Crippen LogP contribution in [0.4, 0.5) is 10.5 Å². The summed E-state index contributed by atoms with van der Waals surface area (Å²) >= 11 is 3.37. The lowest BCUT2D eigenvalue weighted by molar-refractivity contribution is -0.125. The van der Waals surface area contributed by atoms with Gasteiger partial charge in [0.15, 0.2) is 0 Å². The van der Waals surface area contributed by atoms with Crippen LogP contribution in [0.1, 0.15) is 12.8 Å². The van der Waals surface area contributed by atoms with E-state index in [9.17, 15) is 14.4 Å². The molecule has 0 aromatic heterocycles. The summed E-state index contributed by atoms with van der Waals surface area (Å²) in [5.74, 6) is 0.940. The highest BCUT2D eigenvalue weighted by Crippen LogP contribution is 2.24. The van der Waals surface area contributed by atoms with Gasteiger partial charge in [-0.3, -0.25) is 14.5 Å². The number of nitrogens with one attached hydrogen (secondary N) is 2. The van der Waals surface area contributed by atoms with Crippen molar-refractivity contribution < 1.29 is 19.1 Å². The molecule has 140 valence electrons. The predicted octanol–water partition coefficient (Wildman–Crippen LogP) is 3.51. The number of ether oxygens (including phenoxy) is 1. The third-order valence-corrected chi connectivity index (χ3v) is 4.44. The number of nitrogens with zero attached hydrogens (tertiary/aromatic N) is 1. The Morgan fingerprint density at radius 2 is 1.70 bits per heavy atom. The zero-order valence-corrected chi connectivity index (χ0v) is 16.0. The lowest BCUT2D eigenvalue weighted by Crippen LogP contribution is -2.32. The summed E-state index contributed by atoms with van der Waals surface area (Å²) in [6.45, 7) is 0.262. The summed E-state index contributed by atoms with van der Waals surface area (Å²) < 4.78 is 6.70. The van der Waals surface area contributed by atoms with Crippen molar-refractivity contribution in [2.45, 2.75) is 12.8 Å². The second-order valence-electron chi connectivity index (χ2n) is 5.94. The fourth-order valence-corrected chi connectivity index (χ4v) is 2.81. The van der Waals surface area contributed by atoms with Crippen molar-refractivity contribution in [2.24, 2.45) is 0 Å². The molecule has 27 heavy (non-hydrogen) atoms. The molecule has 1 aliphatic rings. The van der Waals surface area contributed by atoms with Crippen LogP contribution in [0.2, 0.25) is 0 Å². The van der Waals surface area contributed by atoms with Crippen LogP contribution in [-0.2, 0) is 9.59 Å². The van der Waals surface area contributed by atoms with Gasteiger partial charge in [0.2, 0.25) is 11.8 Å². The van der Waals surface area contributed by atoms with Gasteiger partial charge in [0.05, 0.1) is 6.54 Å². The van der Waals surface area contributed by atoms with Crippen molar-refractivity contribution >= 4 is 39.5 Å². The SMILES string of the molecule is O=C(CCCN1C(=O)CNC1=O)Nc1ccc(Oc2ccc(Br)cc2)cc1. The molecule has 7 nitrogen and oxygen atoms in total. The van der Waals surface area contributed by atoms with Gasteiger partial charge < -0.3 is 15.4 Å². The Morgan fingerprint density at radius 3 is 2.30 bits per heavy atom. The van der Waals surface area contributed by atoms with E-state index in [2.05, 4.69) is 26.6 Å². The molecule has 0 aliphatic carbocycles. The molecule has 0 spiro atoms. The van der Waals surface area contributed by atoms with Crippen molar-refractivity contribution in [3.63, 3.8) is 0 Å². The first-order valence-corrected chi connectivity index (χ1v) is 9.22. The van der Waals surface area contributed by atoms with E-state index in [1.54, 1.807) is 24.3 Å². The minimum absolute atomic E-state index is 0.0275. The number of carbonyl (C=O) groups excluding carboxylic acids is 3. The summed E-state index contributed by atoms with van der Waals surface area (Å²) in [6, 6.07) is 14.1. The van der Waals surface area contributed by atoms with Crippen LogP contribution < -0.4 is 15.4 Å². The molecule has 0 unspecified atom stereocenters. The average molecular weight is 432 g/mol. The Labute approximate surface area is 164 Å². The van der Waals surface area contributed by atoms with Crippen LogP contribution in [0.15, 0.2) is 53.0 Å². The van der Waals surface area contributed by atoms with Crippen molar-refractivity contribution in [2.75, 3.05) is 18.4 Å². The highest BCUT2D eigenvalue weighted by Gasteiger charge is 2.27. The molecule has 2 aromatic rings. The third-order valence-electron chi connectivity index (χ3n) is 3.91. The molecule has 0 saturated carbocycles. The summed E-state index contributed by atoms with van der Waals surface area (Å²) in [6.07, 6.45) is 0.629. The maximum atomic E-state index is 12.0. The molecule has 8 heteroatoms. The largest absolute Gasteiger partial charge is 0.457 e. The fourth-order valence-electron chi connectivity index (χ4n) is 2.55. The van der Waals surface area contributed by atoms with Gasteiger partial charge in [0.1, 0.15) is 11.5 Å². The molecule has 0 radical (unpaired) electrons. The number of rotatable bonds is 7. The van der Waals surface area contributed by atoms with E-state index in [4.69, 9.17) is 4.74 Å². The quantitative estimate of drug-likeness (QED) is 0.656. The number of anilines is 1. The van der Waals surface area contributed by atoms with E-state index in [0.717, 1.165) is 15.1 Å². The molecule has 1 fully saturated rings. The first kappa shape index (κ1) is 18.9. The van der Waals surface area contributed by atoms with Crippen LogP contribution in [0.25, 0.3) is 0 Å². The van der Waals surface area contributed by atoms with E-state index in [0.29, 0.717) is 17.9 Å². The zero-order chi connectivity index (χ0) is 19.2. The Bertz CT molecular complexity index is 821. The number of amides is 4. The number of hydrogen-bond acceptors (Lipinski definition) is 4. The van der Waals surface area contributed by atoms with E-state index in [1.807, 2.05) is 24.3 Å². The first-order chi connectivity index (χ1) is 13.0.